The lowest BCUT2D eigenvalue weighted by Gasteiger charge is -2.10. The van der Waals surface area contributed by atoms with Gasteiger partial charge in [0.15, 0.2) is 0 Å². The highest BCUT2D eigenvalue weighted by Crippen LogP contribution is 2.32. The lowest BCUT2D eigenvalue weighted by Crippen LogP contribution is -2.24. The third-order valence-electron chi connectivity index (χ3n) is 3.59. The molecule has 7 heteroatoms. The fourth-order valence-corrected chi connectivity index (χ4v) is 2.91. The number of hydrogen-bond acceptors (Lipinski definition) is 5. The average molecular weight is 389 g/mol. The van der Waals surface area contributed by atoms with Crippen LogP contribution in [0, 0.1) is 0 Å². The van der Waals surface area contributed by atoms with Crippen molar-refractivity contribution in [3.8, 4) is 11.5 Å². The molecule has 122 valence electrons. The van der Waals surface area contributed by atoms with Crippen molar-refractivity contribution in [1.82, 2.24) is 5.01 Å². The van der Waals surface area contributed by atoms with E-state index in [2.05, 4.69) is 21.0 Å². The highest BCUT2D eigenvalue weighted by molar-refractivity contribution is 9.10. The van der Waals surface area contributed by atoms with Crippen LogP contribution in [0.1, 0.15) is 26.3 Å². The summed E-state index contributed by atoms with van der Waals surface area (Å²) in [6, 6.07) is 10.1. The van der Waals surface area contributed by atoms with Crippen LogP contribution in [0.5, 0.6) is 11.5 Å². The number of amides is 2. The molecule has 0 unspecified atom stereocenters. The summed E-state index contributed by atoms with van der Waals surface area (Å²) in [6.45, 7) is 0. The number of hydrazone groups is 1. The molecule has 0 atom stereocenters. The topological polar surface area (TPSA) is 68.2 Å². The SMILES string of the molecule is COc1cc(OC)c(/C=N/N2C(=O)c3ccccc3C2=O)cc1Br. The molecule has 2 amide bonds. The highest BCUT2D eigenvalue weighted by Gasteiger charge is 2.35. The van der Waals surface area contributed by atoms with Gasteiger partial charge in [-0.05, 0) is 34.1 Å². The molecule has 3 rings (SSSR count). The van der Waals surface area contributed by atoms with E-state index in [1.165, 1.54) is 13.3 Å². The van der Waals surface area contributed by atoms with Gasteiger partial charge in [0.1, 0.15) is 11.5 Å². The summed E-state index contributed by atoms with van der Waals surface area (Å²) in [4.78, 5) is 24.6. The van der Waals surface area contributed by atoms with E-state index in [0.717, 1.165) is 5.01 Å². The number of benzene rings is 2. The predicted molar refractivity (Wildman–Crippen MR) is 91.8 cm³/mol. The molecular formula is C17H13BrN2O4. The van der Waals surface area contributed by atoms with Gasteiger partial charge in [0.2, 0.25) is 0 Å². The van der Waals surface area contributed by atoms with Crippen molar-refractivity contribution in [3.63, 3.8) is 0 Å². The highest BCUT2D eigenvalue weighted by atomic mass is 79.9. The molecule has 6 nitrogen and oxygen atoms in total. The van der Waals surface area contributed by atoms with Crippen molar-refractivity contribution in [2.24, 2.45) is 5.10 Å². The number of methoxy groups -OCH3 is 2. The number of carbonyl (C=O) groups excluding carboxylic acids is 2. The third kappa shape index (κ3) is 2.67. The van der Waals surface area contributed by atoms with Crippen LogP contribution in [0.2, 0.25) is 0 Å². The van der Waals surface area contributed by atoms with Crippen LogP contribution in [0.15, 0.2) is 46.0 Å². The van der Waals surface area contributed by atoms with Gasteiger partial charge in [0, 0.05) is 11.6 Å². The molecule has 0 spiro atoms. The molecule has 0 radical (unpaired) electrons. The van der Waals surface area contributed by atoms with Gasteiger partial charge in [-0.1, -0.05) is 12.1 Å². The second-order valence-corrected chi connectivity index (χ2v) is 5.80. The normalized spacial score (nSPS) is 13.5. The van der Waals surface area contributed by atoms with E-state index in [-0.39, 0.29) is 0 Å². The van der Waals surface area contributed by atoms with Gasteiger partial charge >= 0.3 is 0 Å². The number of carbonyl (C=O) groups is 2. The van der Waals surface area contributed by atoms with Crippen molar-refractivity contribution in [2.75, 3.05) is 14.2 Å². The lowest BCUT2D eigenvalue weighted by molar-refractivity contribution is 0.0660. The monoisotopic (exact) mass is 388 g/mol. The molecule has 1 aliphatic rings. The van der Waals surface area contributed by atoms with Crippen molar-refractivity contribution in [3.05, 3.63) is 57.6 Å². The summed E-state index contributed by atoms with van der Waals surface area (Å²) in [5.41, 5.74) is 1.30. The molecule has 0 saturated heterocycles. The molecule has 2 aromatic carbocycles. The zero-order valence-electron chi connectivity index (χ0n) is 12.9. The Bertz CT molecular complexity index is 829. The number of ether oxygens (including phenoxy) is 2. The molecule has 0 N–H and O–H groups in total. The number of hydrogen-bond donors (Lipinski definition) is 0. The molecule has 0 saturated carbocycles. The Labute approximate surface area is 146 Å². The van der Waals surface area contributed by atoms with Crippen molar-refractivity contribution < 1.29 is 19.1 Å². The van der Waals surface area contributed by atoms with Gasteiger partial charge in [-0.25, -0.2) is 0 Å². The molecule has 0 aromatic heterocycles. The van der Waals surface area contributed by atoms with Crippen molar-refractivity contribution in [1.29, 1.82) is 0 Å². The predicted octanol–water partition coefficient (Wildman–Crippen LogP) is 3.10. The molecule has 0 bridgehead atoms. The van der Waals surface area contributed by atoms with Gasteiger partial charge in [-0.2, -0.15) is 10.1 Å². The first-order valence-corrected chi connectivity index (χ1v) is 7.79. The Morgan fingerprint density at radius 1 is 1.00 bits per heavy atom. The number of fused-ring (bicyclic) bond motifs is 1. The van der Waals surface area contributed by atoms with Gasteiger partial charge in [0.25, 0.3) is 11.8 Å². The maximum Gasteiger partial charge on any atom is 0.282 e. The van der Waals surface area contributed by atoms with Gasteiger partial charge in [-0.3, -0.25) is 9.59 Å². The Morgan fingerprint density at radius 3 is 2.12 bits per heavy atom. The van der Waals surface area contributed by atoms with Gasteiger partial charge < -0.3 is 9.47 Å². The molecule has 1 heterocycles. The molecule has 0 fully saturated rings. The maximum atomic E-state index is 12.3. The molecule has 0 aliphatic carbocycles. The summed E-state index contributed by atoms with van der Waals surface area (Å²) < 4.78 is 11.2. The summed E-state index contributed by atoms with van der Waals surface area (Å²) in [5.74, 6) is 0.219. The molecular weight excluding hydrogens is 376 g/mol. The van der Waals surface area contributed by atoms with E-state index in [4.69, 9.17) is 9.47 Å². The fourth-order valence-electron chi connectivity index (χ4n) is 2.39. The minimum absolute atomic E-state index is 0.350. The minimum atomic E-state index is -0.446. The summed E-state index contributed by atoms with van der Waals surface area (Å²) in [7, 11) is 3.06. The minimum Gasteiger partial charge on any atom is -0.496 e. The number of halogens is 1. The van der Waals surface area contributed by atoms with Crippen LogP contribution in [-0.4, -0.2) is 37.3 Å². The van der Waals surface area contributed by atoms with E-state index < -0.39 is 11.8 Å². The van der Waals surface area contributed by atoms with E-state index in [9.17, 15) is 9.59 Å². The molecule has 2 aromatic rings. The van der Waals surface area contributed by atoms with E-state index in [1.807, 2.05) is 0 Å². The lowest BCUT2D eigenvalue weighted by atomic mass is 10.1. The van der Waals surface area contributed by atoms with Crippen LogP contribution >= 0.6 is 15.9 Å². The Hall–Kier alpha value is -2.67. The fraction of sp³-hybridized carbons (Fsp3) is 0.118. The van der Waals surface area contributed by atoms with Gasteiger partial charge in [-0.15, -0.1) is 0 Å². The zero-order chi connectivity index (χ0) is 17.3. The van der Waals surface area contributed by atoms with Crippen LogP contribution < -0.4 is 9.47 Å². The Kier molecular flexibility index (Phi) is 4.35. The van der Waals surface area contributed by atoms with Crippen LogP contribution in [-0.2, 0) is 0 Å². The average Bonchev–Trinajstić information content (AvgIpc) is 2.84. The van der Waals surface area contributed by atoms with Gasteiger partial charge in [0.05, 0.1) is 36.0 Å². The summed E-state index contributed by atoms with van der Waals surface area (Å²) in [5, 5.41) is 4.89. The first-order valence-electron chi connectivity index (χ1n) is 7.00. The number of rotatable bonds is 4. The van der Waals surface area contributed by atoms with Crippen molar-refractivity contribution in [2.45, 2.75) is 0 Å². The first kappa shape index (κ1) is 16.2. The van der Waals surface area contributed by atoms with Crippen LogP contribution in [0.4, 0.5) is 0 Å². The standard InChI is InChI=1S/C17H13BrN2O4/c1-23-14-8-15(24-2)13(18)7-10(14)9-19-20-16(21)11-5-3-4-6-12(11)17(20)22/h3-9H,1-2H3/b19-9+. The van der Waals surface area contributed by atoms with E-state index >= 15 is 0 Å². The van der Waals surface area contributed by atoms with Crippen molar-refractivity contribution >= 4 is 34.0 Å². The second-order valence-electron chi connectivity index (χ2n) is 4.94. The largest absolute Gasteiger partial charge is 0.496 e. The smallest absolute Gasteiger partial charge is 0.282 e. The number of imide groups is 1. The number of nitrogens with zero attached hydrogens (tertiary/aromatic N) is 2. The Morgan fingerprint density at radius 2 is 1.58 bits per heavy atom. The quantitative estimate of drug-likeness (QED) is 0.596. The maximum absolute atomic E-state index is 12.3. The second kappa shape index (κ2) is 6.45. The Balaban J connectivity index is 1.94. The van der Waals surface area contributed by atoms with E-state index in [0.29, 0.717) is 32.7 Å². The zero-order valence-corrected chi connectivity index (χ0v) is 14.5. The third-order valence-corrected chi connectivity index (χ3v) is 4.21. The summed E-state index contributed by atoms with van der Waals surface area (Å²) in [6.07, 6.45) is 1.41. The molecule has 24 heavy (non-hydrogen) atoms. The van der Waals surface area contributed by atoms with Crippen LogP contribution in [0.3, 0.4) is 0 Å². The summed E-state index contributed by atoms with van der Waals surface area (Å²) >= 11 is 3.38. The van der Waals surface area contributed by atoms with Crippen LogP contribution in [0.25, 0.3) is 0 Å². The van der Waals surface area contributed by atoms with E-state index in [1.54, 1.807) is 43.5 Å². The molecule has 1 aliphatic heterocycles. The first-order chi connectivity index (χ1) is 11.6.